The molecule has 11 heavy (non-hydrogen) atoms. The third kappa shape index (κ3) is 7.60. The number of hydrogen-bond donors (Lipinski definition) is 0. The third-order valence-electron chi connectivity index (χ3n) is 0.646. The van der Waals surface area contributed by atoms with Crippen LogP contribution < -0.4 is 0 Å². The first-order chi connectivity index (χ1) is 5.31. The van der Waals surface area contributed by atoms with E-state index in [1.807, 2.05) is 4.97 Å². The zero-order chi connectivity index (χ0) is 8.53. The van der Waals surface area contributed by atoms with Crippen molar-refractivity contribution in [3.63, 3.8) is 0 Å². The summed E-state index contributed by atoms with van der Waals surface area (Å²) in [7, 11) is 0. The molecule has 0 aromatic carbocycles. The molecule has 60 valence electrons. The molecule has 5 heteroatoms. The third-order valence-corrected chi connectivity index (χ3v) is 1.76. The molecule has 0 aliphatic heterocycles. The van der Waals surface area contributed by atoms with Crippen LogP contribution in [0.1, 0.15) is 0 Å². The van der Waals surface area contributed by atoms with E-state index >= 15 is 0 Å². The summed E-state index contributed by atoms with van der Waals surface area (Å²) in [6.45, 7) is 0.364. The Bertz CT molecular complexity index is 188. The fraction of sp³-hybridized carbons (Fsp3) is 0.333. The normalized spacial score (nSPS) is 9.45. The standard InChI is InChI=1S/C6H6BrNO2Se/c7-2-3-10-6(9)1-4-11-5-8/h1,4H,2-3H2/b4-1-. The van der Waals surface area contributed by atoms with Gasteiger partial charge in [-0.1, -0.05) is 0 Å². The van der Waals surface area contributed by atoms with Gasteiger partial charge in [0.15, 0.2) is 0 Å². The van der Waals surface area contributed by atoms with Crippen LogP contribution >= 0.6 is 15.9 Å². The Morgan fingerprint density at radius 1 is 1.82 bits per heavy atom. The second-order valence-corrected chi connectivity index (χ2v) is 3.61. The van der Waals surface area contributed by atoms with E-state index in [0.29, 0.717) is 11.9 Å². The average molecular weight is 283 g/mol. The van der Waals surface area contributed by atoms with Crippen LogP contribution in [0, 0.1) is 10.2 Å². The van der Waals surface area contributed by atoms with Gasteiger partial charge in [0.2, 0.25) is 0 Å². The Labute approximate surface area is 79.7 Å². The van der Waals surface area contributed by atoms with Gasteiger partial charge in [0.25, 0.3) is 0 Å². The number of nitrogens with zero attached hydrogens (tertiary/aromatic N) is 1. The van der Waals surface area contributed by atoms with Gasteiger partial charge in [-0.25, -0.2) is 0 Å². The van der Waals surface area contributed by atoms with E-state index in [1.165, 1.54) is 11.1 Å². The van der Waals surface area contributed by atoms with E-state index in [4.69, 9.17) is 5.26 Å². The molecule has 0 rings (SSSR count). The van der Waals surface area contributed by atoms with Gasteiger partial charge in [0, 0.05) is 0 Å². The van der Waals surface area contributed by atoms with E-state index in [1.54, 1.807) is 0 Å². The Morgan fingerprint density at radius 2 is 2.55 bits per heavy atom. The number of hydrogen-bond acceptors (Lipinski definition) is 3. The fourth-order valence-corrected chi connectivity index (χ4v) is 0.973. The predicted molar refractivity (Wildman–Crippen MR) is 45.3 cm³/mol. The van der Waals surface area contributed by atoms with E-state index in [2.05, 4.69) is 20.7 Å². The van der Waals surface area contributed by atoms with Crippen molar-refractivity contribution in [2.45, 2.75) is 0 Å². The second-order valence-electron chi connectivity index (χ2n) is 1.37. The molecular formula is C6H6BrNO2Se. The molecule has 0 spiro atoms. The van der Waals surface area contributed by atoms with Crippen molar-refractivity contribution in [1.29, 1.82) is 5.26 Å². The quantitative estimate of drug-likeness (QED) is 0.329. The van der Waals surface area contributed by atoms with Crippen LogP contribution in [0.15, 0.2) is 11.1 Å². The van der Waals surface area contributed by atoms with Crippen LogP contribution in [0.3, 0.4) is 0 Å². The topological polar surface area (TPSA) is 50.1 Å². The summed E-state index contributed by atoms with van der Waals surface area (Å²) in [5, 5.41) is 8.76. The molecule has 0 aromatic heterocycles. The second kappa shape index (κ2) is 7.80. The van der Waals surface area contributed by atoms with Crippen LogP contribution in [0.5, 0.6) is 0 Å². The summed E-state index contributed by atoms with van der Waals surface area (Å²) >= 11 is 2.87. The van der Waals surface area contributed by atoms with Gasteiger partial charge < -0.3 is 0 Å². The van der Waals surface area contributed by atoms with Crippen molar-refractivity contribution in [2.24, 2.45) is 0 Å². The molecule has 0 aromatic rings. The molecule has 0 saturated carbocycles. The maximum absolute atomic E-state index is 10.6. The zero-order valence-corrected chi connectivity index (χ0v) is 8.92. The van der Waals surface area contributed by atoms with Gasteiger partial charge in [-0.15, -0.1) is 0 Å². The zero-order valence-electron chi connectivity index (χ0n) is 5.62. The van der Waals surface area contributed by atoms with Crippen LogP contribution in [-0.4, -0.2) is 32.9 Å². The number of alkyl halides is 1. The first kappa shape index (κ1) is 10.7. The summed E-state index contributed by atoms with van der Waals surface area (Å²) in [4.78, 5) is 14.1. The van der Waals surface area contributed by atoms with Crippen molar-refractivity contribution >= 4 is 36.9 Å². The summed E-state index contributed by atoms with van der Waals surface area (Å²) < 4.78 is 4.67. The van der Waals surface area contributed by atoms with Crippen LogP contribution in [0.4, 0.5) is 0 Å². The molecule has 0 N–H and O–H groups in total. The van der Waals surface area contributed by atoms with E-state index in [9.17, 15) is 4.79 Å². The van der Waals surface area contributed by atoms with Gasteiger partial charge in [0.1, 0.15) is 0 Å². The van der Waals surface area contributed by atoms with Gasteiger partial charge in [0.05, 0.1) is 0 Å². The van der Waals surface area contributed by atoms with Crippen molar-refractivity contribution in [3.8, 4) is 4.97 Å². The summed E-state index contributed by atoms with van der Waals surface area (Å²) in [5.74, 6) is -0.387. The van der Waals surface area contributed by atoms with Crippen LogP contribution in [-0.2, 0) is 9.53 Å². The number of ether oxygens (including phenoxy) is 1. The molecule has 0 fully saturated rings. The average Bonchev–Trinajstić information content (AvgIpc) is 2.01. The van der Waals surface area contributed by atoms with Crippen molar-refractivity contribution in [3.05, 3.63) is 11.1 Å². The van der Waals surface area contributed by atoms with Gasteiger partial charge >= 0.3 is 79.6 Å². The van der Waals surface area contributed by atoms with E-state index in [0.717, 1.165) is 0 Å². The Balaban J connectivity index is 3.45. The monoisotopic (exact) mass is 283 g/mol. The molecule has 3 nitrogen and oxygen atoms in total. The number of esters is 1. The number of rotatable bonds is 4. The SMILES string of the molecule is N#C[Se]/C=C\C(=O)OCCBr. The summed E-state index contributed by atoms with van der Waals surface area (Å²) in [6.07, 6.45) is 1.28. The van der Waals surface area contributed by atoms with Crippen molar-refractivity contribution in [1.82, 2.24) is 0 Å². The molecule has 0 radical (unpaired) electrons. The maximum atomic E-state index is 10.6. The Hall–Kier alpha value is -0.301. The fourth-order valence-electron chi connectivity index (χ4n) is 0.307. The molecule has 0 atom stereocenters. The molecule has 0 bridgehead atoms. The van der Waals surface area contributed by atoms with Crippen LogP contribution in [0.2, 0.25) is 0 Å². The summed E-state index contributed by atoms with van der Waals surface area (Å²) in [6, 6.07) is 0. The van der Waals surface area contributed by atoms with Crippen molar-refractivity contribution in [2.75, 3.05) is 11.9 Å². The molecule has 0 aliphatic rings. The van der Waals surface area contributed by atoms with Crippen LogP contribution in [0.25, 0.3) is 0 Å². The minimum absolute atomic E-state index is 0.243. The molecule has 0 unspecified atom stereocenters. The Morgan fingerprint density at radius 3 is 3.09 bits per heavy atom. The number of carbonyl (C=O) groups is 1. The number of halogens is 1. The molecule has 0 saturated heterocycles. The molecule has 0 amide bonds. The van der Waals surface area contributed by atoms with Gasteiger partial charge in [-0.05, 0) is 0 Å². The van der Waals surface area contributed by atoms with Gasteiger partial charge in [-0.2, -0.15) is 0 Å². The molecule has 0 heterocycles. The number of carbonyl (C=O) groups excluding carboxylic acids is 1. The molecule has 0 aliphatic carbocycles. The van der Waals surface area contributed by atoms with Gasteiger partial charge in [-0.3, -0.25) is 0 Å². The number of nitriles is 1. The summed E-state index contributed by atoms with van der Waals surface area (Å²) in [5.41, 5.74) is 0. The van der Waals surface area contributed by atoms with E-state index < -0.39 is 0 Å². The first-order valence-electron chi connectivity index (χ1n) is 2.75. The first-order valence-corrected chi connectivity index (χ1v) is 5.72. The van der Waals surface area contributed by atoms with Crippen molar-refractivity contribution < 1.29 is 9.53 Å². The predicted octanol–water partition coefficient (Wildman–Crippen LogP) is 0.623. The molecular weight excluding hydrogens is 277 g/mol. The van der Waals surface area contributed by atoms with E-state index in [-0.39, 0.29) is 20.9 Å². The Kier molecular flexibility index (Phi) is 7.59. The minimum atomic E-state index is -0.387.